The molecule has 2 N–H and O–H groups in total. The summed E-state index contributed by atoms with van der Waals surface area (Å²) in [6.07, 6.45) is 11.5. The quantitative estimate of drug-likeness (QED) is 0.725. The summed E-state index contributed by atoms with van der Waals surface area (Å²) in [5.74, 6) is 1.29. The number of nitrogens with zero attached hydrogens (tertiary/aromatic N) is 3. The van der Waals surface area contributed by atoms with E-state index in [1.807, 2.05) is 12.1 Å². The number of aliphatic hydroxyl groups excluding tert-OH is 1. The number of likely N-dealkylation sites (tertiary alicyclic amines) is 1. The van der Waals surface area contributed by atoms with E-state index in [2.05, 4.69) is 17.2 Å². The average Bonchev–Trinajstić information content (AvgIpc) is 3.26. The van der Waals surface area contributed by atoms with Gasteiger partial charge in [-0.15, -0.1) is 0 Å². The van der Waals surface area contributed by atoms with Crippen LogP contribution < -0.4 is 5.32 Å². The largest absolute Gasteiger partial charge is 0.391 e. The van der Waals surface area contributed by atoms with Crippen LogP contribution in [0.15, 0.2) is 24.4 Å². The first kappa shape index (κ1) is 22.4. The Labute approximate surface area is 195 Å². The normalized spacial score (nSPS) is 29.8. The number of β-amino-alcohol motifs (C(OH)–C–C–N with tert-alkyl or cyclic N) is 1. The maximum Gasteiger partial charge on any atom is 0.274 e. The molecular weight excluding hydrogens is 416 g/mol. The van der Waals surface area contributed by atoms with Gasteiger partial charge < -0.3 is 15.3 Å². The molecule has 7 heteroatoms. The van der Waals surface area contributed by atoms with Crippen molar-refractivity contribution in [2.75, 3.05) is 19.6 Å². The zero-order chi connectivity index (χ0) is 23.0. The van der Waals surface area contributed by atoms with E-state index in [0.717, 1.165) is 31.2 Å². The van der Waals surface area contributed by atoms with Crippen molar-refractivity contribution in [3.05, 3.63) is 35.8 Å². The molecule has 1 aliphatic heterocycles. The minimum Gasteiger partial charge on any atom is -0.391 e. The van der Waals surface area contributed by atoms with Gasteiger partial charge in [0, 0.05) is 25.8 Å². The van der Waals surface area contributed by atoms with E-state index in [0.29, 0.717) is 30.1 Å². The highest BCUT2D eigenvalue weighted by atomic mass is 16.3. The van der Waals surface area contributed by atoms with Gasteiger partial charge in [-0.25, -0.2) is 4.98 Å². The van der Waals surface area contributed by atoms with Crippen molar-refractivity contribution < 1.29 is 14.7 Å². The van der Waals surface area contributed by atoms with E-state index in [1.54, 1.807) is 21.6 Å². The summed E-state index contributed by atoms with van der Waals surface area (Å²) in [4.78, 5) is 32.3. The molecule has 7 nitrogen and oxygen atoms in total. The second kappa shape index (κ2) is 9.09. The van der Waals surface area contributed by atoms with Crippen molar-refractivity contribution >= 4 is 17.5 Å². The monoisotopic (exact) mass is 452 g/mol. The Hall–Kier alpha value is -2.41. The number of carbonyl (C=O) groups is 2. The number of aliphatic hydroxyl groups is 1. The van der Waals surface area contributed by atoms with Crippen LogP contribution in [0.4, 0.5) is 0 Å². The maximum atomic E-state index is 13.2. The molecule has 33 heavy (non-hydrogen) atoms. The Kier molecular flexibility index (Phi) is 6.16. The lowest BCUT2D eigenvalue weighted by molar-refractivity contribution is 0.0368. The number of amides is 2. The van der Waals surface area contributed by atoms with Crippen LogP contribution in [-0.4, -0.2) is 56.9 Å². The van der Waals surface area contributed by atoms with Gasteiger partial charge in [0.2, 0.25) is 0 Å². The molecule has 0 radical (unpaired) electrons. The van der Waals surface area contributed by atoms with Gasteiger partial charge in [0.15, 0.2) is 0 Å². The van der Waals surface area contributed by atoms with Gasteiger partial charge in [0.25, 0.3) is 11.8 Å². The molecule has 2 amide bonds. The van der Waals surface area contributed by atoms with Crippen LogP contribution in [0.3, 0.4) is 0 Å². The Morgan fingerprint density at radius 1 is 1.24 bits per heavy atom. The maximum absolute atomic E-state index is 13.2. The van der Waals surface area contributed by atoms with Crippen LogP contribution in [-0.2, 0) is 0 Å². The van der Waals surface area contributed by atoms with E-state index in [4.69, 9.17) is 0 Å². The van der Waals surface area contributed by atoms with Crippen LogP contribution in [0.1, 0.15) is 85.7 Å². The summed E-state index contributed by atoms with van der Waals surface area (Å²) in [5.41, 5.74) is 1.64. The molecular formula is C26H36N4O3. The second-order valence-electron chi connectivity index (χ2n) is 10.7. The Morgan fingerprint density at radius 2 is 2.12 bits per heavy atom. The third-order valence-electron chi connectivity index (χ3n) is 8.26. The van der Waals surface area contributed by atoms with Crippen LogP contribution in [0.5, 0.6) is 0 Å². The number of imidazole rings is 1. The van der Waals surface area contributed by atoms with Gasteiger partial charge >= 0.3 is 0 Å². The summed E-state index contributed by atoms with van der Waals surface area (Å²) < 4.78 is 1.72. The Morgan fingerprint density at radius 3 is 2.94 bits per heavy atom. The lowest BCUT2D eigenvalue weighted by Gasteiger charge is -2.48. The number of pyridine rings is 1. The van der Waals surface area contributed by atoms with Gasteiger partial charge in [0.05, 0.1) is 6.10 Å². The van der Waals surface area contributed by atoms with Gasteiger partial charge in [-0.1, -0.05) is 32.3 Å². The Balaban J connectivity index is 1.32. The smallest absolute Gasteiger partial charge is 0.274 e. The fourth-order valence-corrected chi connectivity index (χ4v) is 6.64. The van der Waals surface area contributed by atoms with Crippen molar-refractivity contribution in [1.82, 2.24) is 19.6 Å². The van der Waals surface area contributed by atoms with Crippen LogP contribution in [0, 0.1) is 17.3 Å². The fraction of sp³-hybridized carbons (Fsp3) is 0.654. The number of hydrogen-bond donors (Lipinski definition) is 2. The molecule has 3 aliphatic rings. The standard InChI is InChI=1S/C26H36N4O3/c1-2-18-12-19-6-4-10-26(13-18,14-19)17-27-24(32)22-8-3-9-23-28-21(16-30(22)23)25(33)29-11-5-7-20(31)15-29/h3,8-9,16,18-20,31H,2,4-7,10-15,17H2,1H3,(H,27,32). The highest BCUT2D eigenvalue weighted by molar-refractivity contribution is 5.95. The molecule has 178 valence electrons. The highest BCUT2D eigenvalue weighted by Gasteiger charge is 2.42. The van der Waals surface area contributed by atoms with Crippen molar-refractivity contribution in [3.63, 3.8) is 0 Å². The molecule has 2 aromatic heterocycles. The van der Waals surface area contributed by atoms with Gasteiger partial charge in [-0.2, -0.15) is 0 Å². The van der Waals surface area contributed by atoms with Crippen molar-refractivity contribution in [2.24, 2.45) is 17.3 Å². The zero-order valence-electron chi connectivity index (χ0n) is 19.6. The molecule has 2 saturated carbocycles. The van der Waals surface area contributed by atoms with E-state index in [-0.39, 0.29) is 17.2 Å². The number of piperidine rings is 1. The minimum absolute atomic E-state index is 0.111. The molecule has 0 aromatic carbocycles. The number of aromatic nitrogens is 2. The molecule has 0 spiro atoms. The molecule has 4 atom stereocenters. The van der Waals surface area contributed by atoms with Crippen LogP contribution in [0.25, 0.3) is 5.65 Å². The lowest BCUT2D eigenvalue weighted by Crippen LogP contribution is -2.45. The predicted molar refractivity (Wildman–Crippen MR) is 126 cm³/mol. The Bertz CT molecular complexity index is 1030. The third kappa shape index (κ3) is 4.52. The topological polar surface area (TPSA) is 86.9 Å². The molecule has 2 aromatic rings. The second-order valence-corrected chi connectivity index (χ2v) is 10.7. The van der Waals surface area contributed by atoms with E-state index < -0.39 is 6.10 Å². The van der Waals surface area contributed by atoms with Crippen molar-refractivity contribution in [3.8, 4) is 0 Å². The third-order valence-corrected chi connectivity index (χ3v) is 8.26. The fourth-order valence-electron chi connectivity index (χ4n) is 6.64. The zero-order valence-corrected chi connectivity index (χ0v) is 19.6. The van der Waals surface area contributed by atoms with Crippen molar-refractivity contribution in [1.29, 1.82) is 0 Å². The number of rotatable bonds is 5. The molecule has 4 unspecified atom stereocenters. The number of nitrogens with one attached hydrogen (secondary N) is 1. The van der Waals surface area contributed by atoms with E-state index >= 15 is 0 Å². The summed E-state index contributed by atoms with van der Waals surface area (Å²) in [6, 6.07) is 5.43. The molecule has 2 aliphatic carbocycles. The first-order valence-electron chi connectivity index (χ1n) is 12.7. The number of fused-ring (bicyclic) bond motifs is 3. The molecule has 2 bridgehead atoms. The first-order chi connectivity index (χ1) is 16.0. The lowest BCUT2D eigenvalue weighted by atomic mass is 9.58. The molecule has 1 saturated heterocycles. The summed E-state index contributed by atoms with van der Waals surface area (Å²) in [7, 11) is 0. The summed E-state index contributed by atoms with van der Waals surface area (Å²) in [6.45, 7) is 3.98. The molecule has 5 rings (SSSR count). The SMILES string of the molecule is CCC1CC2CCCC(CNC(=O)c3cccc4nc(C(=O)N5CCCC(O)C5)cn34)(C1)C2. The summed E-state index contributed by atoms with van der Waals surface area (Å²) in [5, 5.41) is 13.2. The van der Waals surface area contributed by atoms with Gasteiger partial charge in [-0.05, 0) is 67.9 Å². The van der Waals surface area contributed by atoms with Crippen LogP contribution >= 0.6 is 0 Å². The van der Waals surface area contributed by atoms with Gasteiger partial charge in [0.1, 0.15) is 17.0 Å². The van der Waals surface area contributed by atoms with E-state index in [1.165, 1.54) is 44.9 Å². The van der Waals surface area contributed by atoms with Crippen LogP contribution in [0.2, 0.25) is 0 Å². The number of hydrogen-bond acceptors (Lipinski definition) is 4. The molecule has 3 heterocycles. The van der Waals surface area contributed by atoms with Crippen molar-refractivity contribution in [2.45, 2.75) is 70.8 Å². The molecule has 3 fully saturated rings. The highest BCUT2D eigenvalue weighted by Crippen LogP contribution is 2.51. The first-order valence-corrected chi connectivity index (χ1v) is 12.7. The minimum atomic E-state index is -0.480. The summed E-state index contributed by atoms with van der Waals surface area (Å²) >= 11 is 0. The van der Waals surface area contributed by atoms with E-state index in [9.17, 15) is 14.7 Å². The number of carbonyl (C=O) groups excluding carboxylic acids is 2. The average molecular weight is 453 g/mol. The van der Waals surface area contributed by atoms with Gasteiger partial charge in [-0.3, -0.25) is 14.0 Å². The predicted octanol–water partition coefficient (Wildman–Crippen LogP) is 3.66.